The van der Waals surface area contributed by atoms with Gasteiger partial charge in [0.2, 0.25) is 0 Å². The average molecular weight is 342 g/mol. The average Bonchev–Trinajstić information content (AvgIpc) is 2.61. The third kappa shape index (κ3) is 5.27. The molecule has 0 bridgehead atoms. The number of carbonyl (C=O) groups is 2. The highest BCUT2D eigenvalue weighted by atomic mass is 16.5. The van der Waals surface area contributed by atoms with E-state index in [1.807, 2.05) is 0 Å². The fraction of sp³-hybridized carbons (Fsp3) is 0.333. The lowest BCUT2D eigenvalue weighted by Gasteiger charge is -2.10. The third-order valence-electron chi connectivity index (χ3n) is 3.25. The predicted octanol–water partition coefficient (Wildman–Crippen LogP) is 2.97. The normalized spacial score (nSPS) is 10.4. The first-order valence-corrected chi connectivity index (χ1v) is 8.14. The number of benzene rings is 1. The van der Waals surface area contributed by atoms with E-state index in [4.69, 9.17) is 4.74 Å². The van der Waals surface area contributed by atoms with Crippen LogP contribution in [0.3, 0.4) is 0 Å². The number of nitrogens with one attached hydrogen (secondary N) is 2. The van der Waals surface area contributed by atoms with Crippen molar-refractivity contribution >= 4 is 23.4 Å². The molecule has 0 spiro atoms. The first-order valence-electron chi connectivity index (χ1n) is 8.14. The van der Waals surface area contributed by atoms with Crippen molar-refractivity contribution in [2.45, 2.75) is 20.8 Å². The minimum Gasteiger partial charge on any atom is -0.462 e. The zero-order chi connectivity index (χ0) is 18.2. The summed E-state index contributed by atoms with van der Waals surface area (Å²) in [5.41, 5.74) is 0.824. The van der Waals surface area contributed by atoms with Gasteiger partial charge in [-0.2, -0.15) is 0 Å². The van der Waals surface area contributed by atoms with Crippen LogP contribution in [0.15, 0.2) is 36.7 Å². The van der Waals surface area contributed by atoms with Gasteiger partial charge in [-0.15, -0.1) is 0 Å². The summed E-state index contributed by atoms with van der Waals surface area (Å²) in [7, 11) is 0. The molecule has 7 heteroatoms. The Morgan fingerprint density at radius 3 is 2.56 bits per heavy atom. The van der Waals surface area contributed by atoms with Gasteiger partial charge in [0.25, 0.3) is 5.91 Å². The highest BCUT2D eigenvalue weighted by molar-refractivity contribution is 6.06. The second-order valence-electron chi connectivity index (χ2n) is 5.78. The van der Waals surface area contributed by atoms with E-state index in [2.05, 4.69) is 34.4 Å². The summed E-state index contributed by atoms with van der Waals surface area (Å²) in [5.74, 6) is 0.152. The molecule has 1 amide bonds. The fourth-order valence-electron chi connectivity index (χ4n) is 2.01. The van der Waals surface area contributed by atoms with Gasteiger partial charge in [-0.3, -0.25) is 4.79 Å². The zero-order valence-corrected chi connectivity index (χ0v) is 14.6. The van der Waals surface area contributed by atoms with Crippen LogP contribution in [-0.2, 0) is 4.74 Å². The van der Waals surface area contributed by atoms with Crippen LogP contribution in [0.2, 0.25) is 0 Å². The van der Waals surface area contributed by atoms with E-state index in [1.54, 1.807) is 31.2 Å². The summed E-state index contributed by atoms with van der Waals surface area (Å²) < 4.78 is 4.99. The fourth-order valence-corrected chi connectivity index (χ4v) is 2.01. The van der Waals surface area contributed by atoms with E-state index in [-0.39, 0.29) is 12.3 Å². The van der Waals surface area contributed by atoms with Crippen molar-refractivity contribution in [3.63, 3.8) is 0 Å². The Morgan fingerprint density at radius 1 is 1.16 bits per heavy atom. The lowest BCUT2D eigenvalue weighted by molar-refractivity contribution is 0.0527. The van der Waals surface area contributed by atoms with Gasteiger partial charge in [0.15, 0.2) is 0 Å². The van der Waals surface area contributed by atoms with Crippen molar-refractivity contribution in [3.05, 3.63) is 47.9 Å². The second-order valence-corrected chi connectivity index (χ2v) is 5.78. The molecule has 0 saturated heterocycles. The maximum atomic E-state index is 12.3. The molecule has 2 aromatic rings. The van der Waals surface area contributed by atoms with Crippen LogP contribution in [-0.4, -0.2) is 35.0 Å². The molecule has 0 aliphatic carbocycles. The SMILES string of the molecule is CCOC(=O)c1ccccc1NC(=O)c1cnc(NCC(C)C)cn1. The molecule has 2 rings (SSSR count). The molecule has 1 heterocycles. The van der Waals surface area contributed by atoms with Gasteiger partial charge >= 0.3 is 5.97 Å². The molecule has 0 saturated carbocycles. The molecule has 132 valence electrons. The Kier molecular flexibility index (Phi) is 6.45. The molecule has 0 aliphatic heterocycles. The van der Waals surface area contributed by atoms with E-state index < -0.39 is 11.9 Å². The second kappa shape index (κ2) is 8.77. The number of rotatable bonds is 7. The van der Waals surface area contributed by atoms with Crippen molar-refractivity contribution in [1.82, 2.24) is 9.97 Å². The molecule has 0 unspecified atom stereocenters. The molecule has 25 heavy (non-hydrogen) atoms. The summed E-state index contributed by atoms with van der Waals surface area (Å²) in [4.78, 5) is 32.6. The minimum absolute atomic E-state index is 0.161. The van der Waals surface area contributed by atoms with Gasteiger partial charge in [-0.25, -0.2) is 14.8 Å². The number of nitrogens with zero attached hydrogens (tertiary/aromatic N) is 2. The number of carbonyl (C=O) groups excluding carboxylic acids is 2. The number of anilines is 2. The Bertz CT molecular complexity index is 729. The molecule has 0 atom stereocenters. The number of amides is 1. The summed E-state index contributed by atoms with van der Waals surface area (Å²) in [6.07, 6.45) is 2.90. The number of para-hydroxylation sites is 1. The summed E-state index contributed by atoms with van der Waals surface area (Å²) >= 11 is 0. The van der Waals surface area contributed by atoms with Gasteiger partial charge in [0, 0.05) is 6.54 Å². The maximum Gasteiger partial charge on any atom is 0.340 e. The number of ether oxygens (including phenoxy) is 1. The third-order valence-corrected chi connectivity index (χ3v) is 3.25. The van der Waals surface area contributed by atoms with E-state index in [9.17, 15) is 9.59 Å². The molecular formula is C18H22N4O3. The van der Waals surface area contributed by atoms with Crippen LogP contribution in [0.1, 0.15) is 41.6 Å². The van der Waals surface area contributed by atoms with Gasteiger partial charge in [-0.05, 0) is 25.0 Å². The summed E-state index contributed by atoms with van der Waals surface area (Å²) in [5, 5.41) is 5.80. The predicted molar refractivity (Wildman–Crippen MR) is 95.7 cm³/mol. The standard InChI is InChI=1S/C18H22N4O3/c1-4-25-18(24)13-7-5-6-8-14(13)22-17(23)15-10-21-16(11-19-15)20-9-12(2)3/h5-8,10-12H,4,9H2,1-3H3,(H,20,21)(H,22,23). The summed E-state index contributed by atoms with van der Waals surface area (Å²) in [6.45, 7) is 6.93. The highest BCUT2D eigenvalue weighted by Crippen LogP contribution is 2.17. The van der Waals surface area contributed by atoms with Crippen LogP contribution >= 0.6 is 0 Å². The van der Waals surface area contributed by atoms with E-state index in [0.717, 1.165) is 6.54 Å². The Hall–Kier alpha value is -2.96. The minimum atomic E-state index is -0.488. The molecule has 0 fully saturated rings. The number of hydrogen-bond acceptors (Lipinski definition) is 6. The van der Waals surface area contributed by atoms with Crippen molar-refractivity contribution in [1.29, 1.82) is 0 Å². The van der Waals surface area contributed by atoms with Gasteiger partial charge < -0.3 is 15.4 Å². The molecular weight excluding hydrogens is 320 g/mol. The highest BCUT2D eigenvalue weighted by Gasteiger charge is 2.15. The molecule has 1 aromatic carbocycles. The van der Waals surface area contributed by atoms with Crippen LogP contribution in [0.5, 0.6) is 0 Å². The van der Waals surface area contributed by atoms with Crippen molar-refractivity contribution in [2.24, 2.45) is 5.92 Å². The first-order chi connectivity index (χ1) is 12.0. The number of hydrogen-bond donors (Lipinski definition) is 2. The lowest BCUT2D eigenvalue weighted by Crippen LogP contribution is -2.17. The molecule has 0 radical (unpaired) electrons. The van der Waals surface area contributed by atoms with E-state index >= 15 is 0 Å². The molecule has 7 nitrogen and oxygen atoms in total. The summed E-state index contributed by atoms with van der Waals surface area (Å²) in [6, 6.07) is 6.66. The Morgan fingerprint density at radius 2 is 1.92 bits per heavy atom. The topological polar surface area (TPSA) is 93.2 Å². The van der Waals surface area contributed by atoms with Gasteiger partial charge in [0.1, 0.15) is 11.5 Å². The molecule has 2 N–H and O–H groups in total. The van der Waals surface area contributed by atoms with Crippen molar-refractivity contribution in [3.8, 4) is 0 Å². The number of esters is 1. The van der Waals surface area contributed by atoms with Crippen molar-refractivity contribution < 1.29 is 14.3 Å². The van der Waals surface area contributed by atoms with E-state index in [1.165, 1.54) is 12.4 Å². The largest absolute Gasteiger partial charge is 0.462 e. The lowest BCUT2D eigenvalue weighted by atomic mass is 10.1. The van der Waals surface area contributed by atoms with Gasteiger partial charge in [-0.1, -0.05) is 26.0 Å². The zero-order valence-electron chi connectivity index (χ0n) is 14.6. The first kappa shape index (κ1) is 18.4. The van der Waals surface area contributed by atoms with Crippen LogP contribution in [0.4, 0.5) is 11.5 Å². The van der Waals surface area contributed by atoms with Crippen LogP contribution < -0.4 is 10.6 Å². The quantitative estimate of drug-likeness (QED) is 0.752. The van der Waals surface area contributed by atoms with Crippen LogP contribution in [0, 0.1) is 5.92 Å². The Balaban J connectivity index is 2.08. The van der Waals surface area contributed by atoms with E-state index in [0.29, 0.717) is 23.0 Å². The maximum absolute atomic E-state index is 12.3. The van der Waals surface area contributed by atoms with Crippen molar-refractivity contribution in [2.75, 3.05) is 23.8 Å². The molecule has 1 aromatic heterocycles. The number of aromatic nitrogens is 2. The van der Waals surface area contributed by atoms with Crippen LogP contribution in [0.25, 0.3) is 0 Å². The van der Waals surface area contributed by atoms with Gasteiger partial charge in [0.05, 0.1) is 30.3 Å². The molecule has 0 aliphatic rings. The monoisotopic (exact) mass is 342 g/mol. The Labute approximate surface area is 146 Å². The smallest absolute Gasteiger partial charge is 0.340 e.